The first kappa shape index (κ1) is 25.9. The van der Waals surface area contributed by atoms with Crippen molar-refractivity contribution in [1.82, 2.24) is 5.32 Å². The first-order chi connectivity index (χ1) is 18.9. The number of carbonyl (C=O) groups excluding carboxylic acids is 4. The normalized spacial score (nSPS) is 14.6. The Morgan fingerprint density at radius 1 is 0.897 bits per heavy atom. The standard InChI is InChI=1S/C31H23ClN2O5/c1-2-39-30(37)20-13-15-23(16-14-20)34-29(36)26(28(35)33-31(34)38)18-25-21(17-22-8-4-6-10-27(22)32)12-11-19-7-3-5-9-24(19)25/h3-16,18H,2,17H2,1H3,(H,33,35,38)/b26-18+. The van der Waals surface area contributed by atoms with Crippen molar-refractivity contribution in [3.05, 3.63) is 118 Å². The van der Waals surface area contributed by atoms with Crippen LogP contribution < -0.4 is 10.2 Å². The second kappa shape index (κ2) is 10.9. The van der Waals surface area contributed by atoms with Gasteiger partial charge in [-0.2, -0.15) is 0 Å². The van der Waals surface area contributed by atoms with Crippen LogP contribution in [0.25, 0.3) is 16.8 Å². The number of nitrogens with zero attached hydrogens (tertiary/aromatic N) is 1. The van der Waals surface area contributed by atoms with Crippen LogP contribution >= 0.6 is 11.6 Å². The van der Waals surface area contributed by atoms with E-state index in [-0.39, 0.29) is 23.4 Å². The molecular weight excluding hydrogens is 516 g/mol. The monoisotopic (exact) mass is 538 g/mol. The van der Waals surface area contributed by atoms with Crippen LogP contribution in [-0.2, 0) is 20.7 Å². The van der Waals surface area contributed by atoms with Crippen molar-refractivity contribution in [3.63, 3.8) is 0 Å². The Morgan fingerprint density at radius 3 is 2.36 bits per heavy atom. The molecule has 0 atom stereocenters. The van der Waals surface area contributed by atoms with Crippen molar-refractivity contribution < 1.29 is 23.9 Å². The molecule has 4 aromatic rings. The Balaban J connectivity index is 1.58. The molecule has 0 bridgehead atoms. The fourth-order valence-corrected chi connectivity index (χ4v) is 4.71. The minimum absolute atomic E-state index is 0.194. The zero-order chi connectivity index (χ0) is 27.5. The van der Waals surface area contributed by atoms with E-state index in [1.165, 1.54) is 30.3 Å². The summed E-state index contributed by atoms with van der Waals surface area (Å²) in [5.41, 5.74) is 2.72. The average Bonchev–Trinajstić information content (AvgIpc) is 2.93. The Morgan fingerprint density at radius 2 is 1.62 bits per heavy atom. The van der Waals surface area contributed by atoms with Gasteiger partial charge in [-0.3, -0.25) is 14.9 Å². The summed E-state index contributed by atoms with van der Waals surface area (Å²) in [5, 5.41) is 4.64. The molecule has 1 fully saturated rings. The third-order valence-electron chi connectivity index (χ3n) is 6.43. The zero-order valence-corrected chi connectivity index (χ0v) is 21.7. The van der Waals surface area contributed by atoms with Gasteiger partial charge in [0.05, 0.1) is 17.9 Å². The number of halogens is 1. The molecule has 5 rings (SSSR count). The summed E-state index contributed by atoms with van der Waals surface area (Å²) in [7, 11) is 0. The molecule has 194 valence electrons. The number of anilines is 1. The number of barbiturate groups is 1. The van der Waals surface area contributed by atoms with E-state index in [0.717, 1.165) is 26.8 Å². The summed E-state index contributed by atoms with van der Waals surface area (Å²) in [6, 6.07) is 24.0. The third kappa shape index (κ3) is 5.17. The van der Waals surface area contributed by atoms with E-state index < -0.39 is 23.8 Å². The summed E-state index contributed by atoms with van der Waals surface area (Å²) in [6.45, 7) is 1.92. The molecule has 1 N–H and O–H groups in total. The van der Waals surface area contributed by atoms with Crippen molar-refractivity contribution in [2.24, 2.45) is 0 Å². The maximum absolute atomic E-state index is 13.6. The first-order valence-electron chi connectivity index (χ1n) is 12.3. The lowest BCUT2D eigenvalue weighted by molar-refractivity contribution is -0.122. The van der Waals surface area contributed by atoms with Crippen molar-refractivity contribution in [2.75, 3.05) is 11.5 Å². The summed E-state index contributed by atoms with van der Waals surface area (Å²) in [4.78, 5) is 52.2. The molecule has 0 spiro atoms. The van der Waals surface area contributed by atoms with Crippen LogP contribution in [0.5, 0.6) is 0 Å². The number of amides is 4. The predicted molar refractivity (Wildman–Crippen MR) is 150 cm³/mol. The fraction of sp³-hybridized carbons (Fsp3) is 0.0968. The van der Waals surface area contributed by atoms with Crippen molar-refractivity contribution in [3.8, 4) is 0 Å². The van der Waals surface area contributed by atoms with Gasteiger partial charge in [0.15, 0.2) is 0 Å². The van der Waals surface area contributed by atoms with Gasteiger partial charge in [0.25, 0.3) is 11.8 Å². The van der Waals surface area contributed by atoms with E-state index in [0.29, 0.717) is 17.0 Å². The molecular formula is C31H23ClN2O5. The lowest BCUT2D eigenvalue weighted by Crippen LogP contribution is -2.54. The summed E-state index contributed by atoms with van der Waals surface area (Å²) >= 11 is 6.43. The number of carbonyl (C=O) groups is 4. The molecule has 1 aliphatic rings. The second-order valence-corrected chi connectivity index (χ2v) is 9.26. The fourth-order valence-electron chi connectivity index (χ4n) is 4.51. The number of nitrogens with one attached hydrogen (secondary N) is 1. The first-order valence-corrected chi connectivity index (χ1v) is 12.7. The van der Waals surface area contributed by atoms with Gasteiger partial charge < -0.3 is 4.74 Å². The average molecular weight is 539 g/mol. The molecule has 8 heteroatoms. The van der Waals surface area contributed by atoms with Gasteiger partial charge in [0, 0.05) is 5.02 Å². The lowest BCUT2D eigenvalue weighted by atomic mass is 9.92. The third-order valence-corrected chi connectivity index (χ3v) is 6.80. The number of ether oxygens (including phenoxy) is 1. The maximum Gasteiger partial charge on any atom is 0.338 e. The highest BCUT2D eigenvalue weighted by Gasteiger charge is 2.37. The molecule has 4 amide bonds. The van der Waals surface area contributed by atoms with Crippen LogP contribution in [0.2, 0.25) is 5.02 Å². The highest BCUT2D eigenvalue weighted by atomic mass is 35.5. The van der Waals surface area contributed by atoms with Crippen molar-refractivity contribution in [1.29, 1.82) is 0 Å². The number of hydrogen-bond donors (Lipinski definition) is 1. The van der Waals surface area contributed by atoms with Crippen molar-refractivity contribution >= 4 is 58.0 Å². The number of benzene rings is 4. The zero-order valence-electron chi connectivity index (χ0n) is 20.9. The number of hydrogen-bond acceptors (Lipinski definition) is 5. The molecule has 0 aromatic heterocycles. The van der Waals surface area contributed by atoms with Crippen LogP contribution in [-0.4, -0.2) is 30.4 Å². The van der Waals surface area contributed by atoms with Crippen LogP contribution in [0, 0.1) is 0 Å². The lowest BCUT2D eigenvalue weighted by Gasteiger charge is -2.26. The van der Waals surface area contributed by atoms with Crippen LogP contribution in [0.1, 0.15) is 34.0 Å². The molecule has 39 heavy (non-hydrogen) atoms. The van der Waals surface area contributed by atoms with Gasteiger partial charge in [-0.05, 0) is 77.2 Å². The number of esters is 1. The highest BCUT2D eigenvalue weighted by molar-refractivity contribution is 6.39. The Kier molecular flexibility index (Phi) is 7.25. The van der Waals surface area contributed by atoms with E-state index in [1.807, 2.05) is 60.7 Å². The largest absolute Gasteiger partial charge is 0.462 e. The molecule has 0 unspecified atom stereocenters. The number of fused-ring (bicyclic) bond motifs is 1. The highest BCUT2D eigenvalue weighted by Crippen LogP contribution is 2.30. The number of urea groups is 1. The Bertz CT molecular complexity index is 1660. The molecule has 1 aliphatic heterocycles. The molecule has 0 saturated carbocycles. The smallest absolute Gasteiger partial charge is 0.338 e. The minimum Gasteiger partial charge on any atom is -0.462 e. The molecule has 0 radical (unpaired) electrons. The summed E-state index contributed by atoms with van der Waals surface area (Å²) in [6.07, 6.45) is 2.00. The molecule has 7 nitrogen and oxygen atoms in total. The van der Waals surface area contributed by atoms with Crippen LogP contribution in [0.15, 0.2) is 90.5 Å². The second-order valence-electron chi connectivity index (χ2n) is 8.85. The van der Waals surface area contributed by atoms with E-state index in [2.05, 4.69) is 5.32 Å². The van der Waals surface area contributed by atoms with E-state index >= 15 is 0 Å². The SMILES string of the molecule is CCOC(=O)c1ccc(N2C(=O)NC(=O)/C(=C\c3c(Cc4ccccc4Cl)ccc4ccccc34)C2=O)cc1. The maximum atomic E-state index is 13.6. The van der Waals surface area contributed by atoms with Gasteiger partial charge in [-0.15, -0.1) is 0 Å². The van der Waals surface area contributed by atoms with E-state index in [4.69, 9.17) is 16.3 Å². The van der Waals surface area contributed by atoms with Crippen LogP contribution in [0.4, 0.5) is 10.5 Å². The number of imide groups is 2. The predicted octanol–water partition coefficient (Wildman–Crippen LogP) is 5.93. The summed E-state index contributed by atoms with van der Waals surface area (Å²) in [5.74, 6) is -2.08. The number of rotatable bonds is 6. The van der Waals surface area contributed by atoms with Gasteiger partial charge in [0.1, 0.15) is 5.57 Å². The van der Waals surface area contributed by atoms with E-state index in [1.54, 1.807) is 6.92 Å². The van der Waals surface area contributed by atoms with Gasteiger partial charge in [-0.1, -0.05) is 66.2 Å². The minimum atomic E-state index is -0.875. The van der Waals surface area contributed by atoms with Crippen molar-refractivity contribution in [2.45, 2.75) is 13.3 Å². The van der Waals surface area contributed by atoms with Gasteiger partial charge in [0.2, 0.25) is 0 Å². The Labute approximate surface area is 229 Å². The molecule has 1 heterocycles. The summed E-state index contributed by atoms with van der Waals surface area (Å²) < 4.78 is 4.99. The van der Waals surface area contributed by atoms with Gasteiger partial charge >= 0.3 is 12.0 Å². The molecule has 4 aromatic carbocycles. The Hall–Kier alpha value is -4.75. The topological polar surface area (TPSA) is 92.8 Å². The van der Waals surface area contributed by atoms with Crippen LogP contribution in [0.3, 0.4) is 0 Å². The van der Waals surface area contributed by atoms with Gasteiger partial charge in [-0.25, -0.2) is 14.5 Å². The van der Waals surface area contributed by atoms with E-state index in [9.17, 15) is 19.2 Å². The molecule has 0 aliphatic carbocycles. The molecule has 1 saturated heterocycles. The quantitative estimate of drug-likeness (QED) is 0.187.